The molecular weight excluding hydrogens is 294 g/mol. The van der Waals surface area contributed by atoms with Gasteiger partial charge in [-0.15, -0.1) is 11.3 Å². The zero-order valence-electron chi connectivity index (χ0n) is 11.2. The second-order valence-electron chi connectivity index (χ2n) is 4.72. The van der Waals surface area contributed by atoms with E-state index in [0.29, 0.717) is 13.2 Å². The average molecular weight is 310 g/mol. The van der Waals surface area contributed by atoms with E-state index in [4.69, 9.17) is 21.1 Å². The molecule has 106 valence electrons. The number of ether oxygens (including phenoxy) is 2. The minimum atomic E-state index is 0.278. The number of nitrogens with one attached hydrogen (secondary N) is 1. The summed E-state index contributed by atoms with van der Waals surface area (Å²) in [5.41, 5.74) is 1.18. The Bertz CT molecular complexity index is 599. The Hall–Kier alpha value is -1.23. The molecule has 2 heterocycles. The molecule has 3 nitrogen and oxygen atoms in total. The van der Waals surface area contributed by atoms with Crippen LogP contribution in [0.25, 0.3) is 0 Å². The van der Waals surface area contributed by atoms with Gasteiger partial charge >= 0.3 is 0 Å². The molecule has 2 aromatic rings. The minimum absolute atomic E-state index is 0.278. The Morgan fingerprint density at radius 1 is 1.20 bits per heavy atom. The Kier molecular flexibility index (Phi) is 4.15. The van der Waals surface area contributed by atoms with E-state index in [9.17, 15) is 0 Å². The summed E-state index contributed by atoms with van der Waals surface area (Å²) in [6.07, 6.45) is 0. The highest BCUT2D eigenvalue weighted by Crippen LogP contribution is 2.31. The number of fused-ring (bicyclic) bond motifs is 1. The molecule has 1 unspecified atom stereocenters. The molecule has 0 amide bonds. The molecule has 0 saturated carbocycles. The van der Waals surface area contributed by atoms with Crippen molar-refractivity contribution in [3.63, 3.8) is 0 Å². The number of rotatable bonds is 4. The van der Waals surface area contributed by atoms with E-state index in [0.717, 1.165) is 22.4 Å². The molecule has 1 atom stereocenters. The zero-order valence-corrected chi connectivity index (χ0v) is 12.8. The lowest BCUT2D eigenvalue weighted by molar-refractivity contribution is 0.171. The molecule has 1 aliphatic heterocycles. The van der Waals surface area contributed by atoms with Gasteiger partial charge in [0, 0.05) is 17.5 Å². The van der Waals surface area contributed by atoms with Crippen LogP contribution in [-0.2, 0) is 6.54 Å². The van der Waals surface area contributed by atoms with Gasteiger partial charge in [0.1, 0.15) is 13.2 Å². The Morgan fingerprint density at radius 3 is 2.75 bits per heavy atom. The molecule has 0 saturated heterocycles. The van der Waals surface area contributed by atoms with Crippen LogP contribution in [0.4, 0.5) is 0 Å². The zero-order chi connectivity index (χ0) is 13.9. The molecule has 0 radical (unpaired) electrons. The molecular formula is C15H16ClNO2S. The molecule has 0 fully saturated rings. The van der Waals surface area contributed by atoms with E-state index in [1.54, 1.807) is 11.3 Å². The van der Waals surface area contributed by atoms with Crippen LogP contribution in [0.3, 0.4) is 0 Å². The number of hydrogen-bond acceptors (Lipinski definition) is 4. The summed E-state index contributed by atoms with van der Waals surface area (Å²) in [6, 6.07) is 10.3. The lowest BCUT2D eigenvalue weighted by atomic mass is 10.1. The molecule has 0 spiro atoms. The van der Waals surface area contributed by atoms with Crippen LogP contribution in [0.5, 0.6) is 11.5 Å². The fraction of sp³-hybridized carbons (Fsp3) is 0.333. The summed E-state index contributed by atoms with van der Waals surface area (Å²) in [4.78, 5) is 1.24. The predicted molar refractivity (Wildman–Crippen MR) is 82.0 cm³/mol. The van der Waals surface area contributed by atoms with Crippen LogP contribution in [0, 0.1) is 0 Å². The molecule has 1 aliphatic rings. The van der Waals surface area contributed by atoms with E-state index >= 15 is 0 Å². The summed E-state index contributed by atoms with van der Waals surface area (Å²) >= 11 is 7.57. The van der Waals surface area contributed by atoms with Crippen molar-refractivity contribution in [1.29, 1.82) is 0 Å². The second-order valence-corrected chi connectivity index (χ2v) is 6.47. The SMILES string of the molecule is CC(NCc1ccc2c(c1)OCCO2)c1ccc(Cl)s1. The Morgan fingerprint density at radius 2 is 2.00 bits per heavy atom. The Labute approximate surface area is 127 Å². The van der Waals surface area contributed by atoms with E-state index in [-0.39, 0.29) is 6.04 Å². The molecule has 0 bridgehead atoms. The highest BCUT2D eigenvalue weighted by atomic mass is 35.5. The van der Waals surface area contributed by atoms with Crippen molar-refractivity contribution in [3.05, 3.63) is 45.1 Å². The smallest absolute Gasteiger partial charge is 0.161 e. The van der Waals surface area contributed by atoms with Crippen LogP contribution in [0.2, 0.25) is 4.34 Å². The van der Waals surface area contributed by atoms with Gasteiger partial charge in [-0.25, -0.2) is 0 Å². The first kappa shape index (κ1) is 13.7. The van der Waals surface area contributed by atoms with E-state index < -0.39 is 0 Å². The van der Waals surface area contributed by atoms with Crippen LogP contribution in [-0.4, -0.2) is 13.2 Å². The van der Waals surface area contributed by atoms with Gasteiger partial charge in [-0.05, 0) is 36.8 Å². The maximum atomic E-state index is 5.96. The number of hydrogen-bond donors (Lipinski definition) is 1. The third-order valence-corrected chi connectivity index (χ3v) is 4.65. The summed E-state index contributed by atoms with van der Waals surface area (Å²) in [5.74, 6) is 1.67. The normalized spacial score (nSPS) is 15.1. The van der Waals surface area contributed by atoms with Crippen molar-refractivity contribution in [1.82, 2.24) is 5.32 Å². The second kappa shape index (κ2) is 6.04. The van der Waals surface area contributed by atoms with Crippen LogP contribution in [0.1, 0.15) is 23.4 Å². The van der Waals surface area contributed by atoms with Gasteiger partial charge in [0.15, 0.2) is 11.5 Å². The van der Waals surface area contributed by atoms with Crippen molar-refractivity contribution in [2.24, 2.45) is 0 Å². The fourth-order valence-corrected chi connectivity index (χ4v) is 3.22. The van der Waals surface area contributed by atoms with Gasteiger partial charge in [-0.3, -0.25) is 0 Å². The summed E-state index contributed by atoms with van der Waals surface area (Å²) in [7, 11) is 0. The summed E-state index contributed by atoms with van der Waals surface area (Å²) in [5, 5.41) is 3.49. The molecule has 20 heavy (non-hydrogen) atoms. The van der Waals surface area contributed by atoms with Gasteiger partial charge in [0.05, 0.1) is 4.34 Å². The molecule has 1 aromatic carbocycles. The van der Waals surface area contributed by atoms with Crippen molar-refractivity contribution in [2.45, 2.75) is 19.5 Å². The quantitative estimate of drug-likeness (QED) is 0.925. The first-order chi connectivity index (χ1) is 9.72. The largest absolute Gasteiger partial charge is 0.486 e. The van der Waals surface area contributed by atoms with Crippen molar-refractivity contribution in [2.75, 3.05) is 13.2 Å². The average Bonchev–Trinajstić information content (AvgIpc) is 2.91. The highest BCUT2D eigenvalue weighted by Gasteiger charge is 2.12. The third kappa shape index (κ3) is 3.08. The molecule has 3 rings (SSSR count). The minimum Gasteiger partial charge on any atom is -0.486 e. The van der Waals surface area contributed by atoms with Gasteiger partial charge in [0.2, 0.25) is 0 Å². The Balaban J connectivity index is 1.63. The lowest BCUT2D eigenvalue weighted by Gasteiger charge is -2.19. The van der Waals surface area contributed by atoms with Crippen LogP contribution >= 0.6 is 22.9 Å². The highest BCUT2D eigenvalue weighted by molar-refractivity contribution is 7.16. The van der Waals surface area contributed by atoms with E-state index in [2.05, 4.69) is 24.4 Å². The first-order valence-electron chi connectivity index (χ1n) is 6.59. The van der Waals surface area contributed by atoms with Gasteiger partial charge in [-0.1, -0.05) is 17.7 Å². The monoisotopic (exact) mass is 309 g/mol. The maximum Gasteiger partial charge on any atom is 0.161 e. The number of benzene rings is 1. The third-order valence-electron chi connectivity index (χ3n) is 3.24. The standard InChI is InChI=1S/C15H16ClNO2S/c1-10(14-4-5-15(16)20-14)17-9-11-2-3-12-13(8-11)19-7-6-18-12/h2-5,8,10,17H,6-7,9H2,1H3. The van der Waals surface area contributed by atoms with Crippen molar-refractivity contribution in [3.8, 4) is 11.5 Å². The van der Waals surface area contributed by atoms with E-state index in [1.807, 2.05) is 18.2 Å². The molecule has 1 N–H and O–H groups in total. The topological polar surface area (TPSA) is 30.5 Å². The summed E-state index contributed by atoms with van der Waals surface area (Å²) < 4.78 is 11.9. The van der Waals surface area contributed by atoms with Gasteiger partial charge in [-0.2, -0.15) is 0 Å². The fourth-order valence-electron chi connectivity index (χ4n) is 2.13. The van der Waals surface area contributed by atoms with E-state index in [1.165, 1.54) is 10.4 Å². The lowest BCUT2D eigenvalue weighted by Crippen LogP contribution is -2.18. The van der Waals surface area contributed by atoms with Gasteiger partial charge < -0.3 is 14.8 Å². The molecule has 1 aromatic heterocycles. The number of thiophene rings is 1. The molecule has 5 heteroatoms. The predicted octanol–water partition coefficient (Wildman–Crippen LogP) is 4.02. The number of halogens is 1. The van der Waals surface area contributed by atoms with Crippen molar-refractivity contribution >= 4 is 22.9 Å². The van der Waals surface area contributed by atoms with Crippen LogP contribution < -0.4 is 14.8 Å². The summed E-state index contributed by atoms with van der Waals surface area (Å²) in [6.45, 7) is 4.17. The van der Waals surface area contributed by atoms with Gasteiger partial charge in [0.25, 0.3) is 0 Å². The first-order valence-corrected chi connectivity index (χ1v) is 7.79. The molecule has 0 aliphatic carbocycles. The maximum absolute atomic E-state index is 5.96. The van der Waals surface area contributed by atoms with Crippen LogP contribution in [0.15, 0.2) is 30.3 Å². The van der Waals surface area contributed by atoms with Crippen molar-refractivity contribution < 1.29 is 9.47 Å².